The van der Waals surface area contributed by atoms with Gasteiger partial charge in [-0.15, -0.1) is 0 Å². The van der Waals surface area contributed by atoms with Gasteiger partial charge in [0.15, 0.2) is 0 Å². The van der Waals surface area contributed by atoms with Crippen molar-refractivity contribution in [1.29, 1.82) is 0 Å². The summed E-state index contributed by atoms with van der Waals surface area (Å²) in [5.74, 6) is -0.966. The van der Waals surface area contributed by atoms with Gasteiger partial charge in [-0.2, -0.15) is 13.2 Å². The molecule has 28 heavy (non-hydrogen) atoms. The molecule has 2 aromatic carbocycles. The van der Waals surface area contributed by atoms with Crippen LogP contribution in [0, 0.1) is 0 Å². The molecule has 0 aliphatic heterocycles. The third kappa shape index (κ3) is 6.00. The van der Waals surface area contributed by atoms with Crippen molar-refractivity contribution in [2.75, 3.05) is 7.11 Å². The van der Waals surface area contributed by atoms with Crippen LogP contribution in [0.4, 0.5) is 13.2 Å². The summed E-state index contributed by atoms with van der Waals surface area (Å²) in [4.78, 5) is 23.1. The number of alkyl halides is 3. The van der Waals surface area contributed by atoms with Crippen LogP contribution in [0.15, 0.2) is 42.5 Å². The van der Waals surface area contributed by atoms with Crippen LogP contribution < -0.4 is 10.1 Å². The number of carbonyl (C=O) groups excluding carboxylic acids is 1. The summed E-state index contributed by atoms with van der Waals surface area (Å²) >= 11 is 0. The molecular formula is C20H20F3NO4. The van der Waals surface area contributed by atoms with E-state index in [0.717, 1.165) is 17.7 Å². The molecule has 0 bridgehead atoms. The SMILES string of the molecule is COc1ccc(CCCC(=O)O)cc1C(=O)NCc1ccc(C(F)(F)F)cc1. The number of carboxylic acid groups (broad SMARTS) is 1. The van der Waals surface area contributed by atoms with Crippen LogP contribution in [0.3, 0.4) is 0 Å². The third-order valence-electron chi connectivity index (χ3n) is 4.10. The number of benzene rings is 2. The minimum absolute atomic E-state index is 0.0292. The first kappa shape index (κ1) is 21.3. The van der Waals surface area contributed by atoms with Gasteiger partial charge in [0.1, 0.15) is 5.75 Å². The number of rotatable bonds is 8. The summed E-state index contributed by atoms with van der Waals surface area (Å²) in [5.41, 5.74) is 0.847. The van der Waals surface area contributed by atoms with E-state index in [-0.39, 0.29) is 18.5 Å². The molecule has 0 fully saturated rings. The van der Waals surface area contributed by atoms with Gasteiger partial charge in [-0.1, -0.05) is 18.2 Å². The predicted octanol–water partition coefficient (Wildman–Crippen LogP) is 4.05. The highest BCUT2D eigenvalue weighted by Gasteiger charge is 2.29. The van der Waals surface area contributed by atoms with Crippen molar-refractivity contribution < 1.29 is 32.6 Å². The number of nitrogens with one attached hydrogen (secondary N) is 1. The van der Waals surface area contributed by atoms with E-state index >= 15 is 0 Å². The second kappa shape index (κ2) is 9.25. The zero-order valence-corrected chi connectivity index (χ0v) is 15.2. The lowest BCUT2D eigenvalue weighted by Crippen LogP contribution is -2.23. The molecule has 0 saturated heterocycles. The Hall–Kier alpha value is -3.03. The summed E-state index contributed by atoms with van der Waals surface area (Å²) < 4.78 is 43.0. The van der Waals surface area contributed by atoms with Crippen molar-refractivity contribution in [2.45, 2.75) is 32.0 Å². The van der Waals surface area contributed by atoms with Crippen LogP contribution in [-0.2, 0) is 23.9 Å². The Morgan fingerprint density at radius 1 is 1.07 bits per heavy atom. The molecule has 0 unspecified atom stereocenters. The maximum Gasteiger partial charge on any atom is 0.416 e. The molecule has 0 aromatic heterocycles. The van der Waals surface area contributed by atoms with Crippen LogP contribution in [0.5, 0.6) is 5.75 Å². The molecule has 2 rings (SSSR count). The van der Waals surface area contributed by atoms with E-state index in [2.05, 4.69) is 5.32 Å². The molecule has 150 valence electrons. The number of ether oxygens (including phenoxy) is 1. The van der Waals surface area contributed by atoms with Crippen molar-refractivity contribution in [3.63, 3.8) is 0 Å². The lowest BCUT2D eigenvalue weighted by atomic mass is 10.0. The second-order valence-corrected chi connectivity index (χ2v) is 6.16. The molecule has 5 nitrogen and oxygen atoms in total. The Kier molecular flexibility index (Phi) is 7.03. The number of halogens is 3. The average Bonchev–Trinajstić information content (AvgIpc) is 2.65. The Balaban J connectivity index is 2.04. The van der Waals surface area contributed by atoms with Crippen molar-refractivity contribution in [2.24, 2.45) is 0 Å². The topological polar surface area (TPSA) is 75.6 Å². The molecule has 8 heteroatoms. The number of hydrogen-bond donors (Lipinski definition) is 2. The van der Waals surface area contributed by atoms with Crippen LogP contribution in [0.25, 0.3) is 0 Å². The van der Waals surface area contributed by atoms with E-state index in [1.54, 1.807) is 18.2 Å². The fraction of sp³-hybridized carbons (Fsp3) is 0.300. The smallest absolute Gasteiger partial charge is 0.416 e. The monoisotopic (exact) mass is 395 g/mol. The van der Waals surface area contributed by atoms with Gasteiger partial charge in [-0.3, -0.25) is 9.59 Å². The first-order valence-corrected chi connectivity index (χ1v) is 8.53. The van der Waals surface area contributed by atoms with E-state index in [1.807, 2.05) is 0 Å². The number of amides is 1. The summed E-state index contributed by atoms with van der Waals surface area (Å²) in [6.45, 7) is 0.0589. The summed E-state index contributed by atoms with van der Waals surface area (Å²) in [6, 6.07) is 9.56. The summed E-state index contributed by atoms with van der Waals surface area (Å²) in [7, 11) is 1.42. The zero-order chi connectivity index (χ0) is 20.7. The zero-order valence-electron chi connectivity index (χ0n) is 15.2. The van der Waals surface area contributed by atoms with Crippen LogP contribution in [-0.4, -0.2) is 24.1 Å². The molecular weight excluding hydrogens is 375 g/mol. The van der Waals surface area contributed by atoms with Crippen LogP contribution in [0.1, 0.15) is 39.9 Å². The highest BCUT2D eigenvalue weighted by molar-refractivity contribution is 5.97. The van der Waals surface area contributed by atoms with Crippen molar-refractivity contribution >= 4 is 11.9 Å². The number of carboxylic acids is 1. The lowest BCUT2D eigenvalue weighted by Gasteiger charge is -2.12. The number of carbonyl (C=O) groups is 2. The summed E-state index contributed by atoms with van der Waals surface area (Å²) in [6.07, 6.45) is -3.44. The molecule has 0 atom stereocenters. The highest BCUT2D eigenvalue weighted by atomic mass is 19.4. The number of aliphatic carboxylic acids is 1. The van der Waals surface area contributed by atoms with Gasteiger partial charge in [0.25, 0.3) is 5.91 Å². The molecule has 2 aromatic rings. The first-order valence-electron chi connectivity index (χ1n) is 8.53. The van der Waals surface area contributed by atoms with Gasteiger partial charge in [-0.25, -0.2) is 0 Å². The predicted molar refractivity (Wildman–Crippen MR) is 96.2 cm³/mol. The average molecular weight is 395 g/mol. The van der Waals surface area contributed by atoms with E-state index in [0.29, 0.717) is 24.2 Å². The molecule has 0 aliphatic carbocycles. The van der Waals surface area contributed by atoms with Crippen LogP contribution >= 0.6 is 0 Å². The second-order valence-electron chi connectivity index (χ2n) is 6.16. The Morgan fingerprint density at radius 3 is 2.29 bits per heavy atom. The Labute approximate surface area is 160 Å². The van der Waals surface area contributed by atoms with Crippen molar-refractivity contribution in [1.82, 2.24) is 5.32 Å². The lowest BCUT2D eigenvalue weighted by molar-refractivity contribution is -0.138. The Bertz CT molecular complexity index is 832. The van der Waals surface area contributed by atoms with Gasteiger partial charge >= 0.3 is 12.1 Å². The van der Waals surface area contributed by atoms with Gasteiger partial charge in [0.2, 0.25) is 0 Å². The molecule has 0 aliphatic rings. The highest BCUT2D eigenvalue weighted by Crippen LogP contribution is 2.29. The van der Waals surface area contributed by atoms with Gasteiger partial charge < -0.3 is 15.2 Å². The molecule has 1 amide bonds. The number of methoxy groups -OCH3 is 1. The van der Waals surface area contributed by atoms with Crippen LogP contribution in [0.2, 0.25) is 0 Å². The normalized spacial score (nSPS) is 11.1. The van der Waals surface area contributed by atoms with Crippen molar-refractivity contribution in [3.8, 4) is 5.75 Å². The largest absolute Gasteiger partial charge is 0.496 e. The number of hydrogen-bond acceptors (Lipinski definition) is 3. The minimum atomic E-state index is -4.41. The van der Waals surface area contributed by atoms with Crippen molar-refractivity contribution in [3.05, 3.63) is 64.7 Å². The van der Waals surface area contributed by atoms with E-state index in [4.69, 9.17) is 9.84 Å². The maximum absolute atomic E-state index is 12.6. The molecule has 0 heterocycles. The van der Waals surface area contributed by atoms with Gasteiger partial charge in [0, 0.05) is 13.0 Å². The minimum Gasteiger partial charge on any atom is -0.496 e. The molecule has 0 saturated carbocycles. The summed E-state index contributed by atoms with van der Waals surface area (Å²) in [5, 5.41) is 11.4. The maximum atomic E-state index is 12.6. The fourth-order valence-electron chi connectivity index (χ4n) is 2.62. The quantitative estimate of drug-likeness (QED) is 0.707. The van der Waals surface area contributed by atoms with E-state index in [9.17, 15) is 22.8 Å². The van der Waals surface area contributed by atoms with Gasteiger partial charge in [0.05, 0.1) is 18.2 Å². The molecule has 0 spiro atoms. The number of aryl methyl sites for hydroxylation is 1. The molecule has 2 N–H and O–H groups in total. The fourth-order valence-corrected chi connectivity index (χ4v) is 2.62. The first-order chi connectivity index (χ1) is 13.2. The van der Waals surface area contributed by atoms with Gasteiger partial charge in [-0.05, 0) is 48.2 Å². The third-order valence-corrected chi connectivity index (χ3v) is 4.10. The van der Waals surface area contributed by atoms with E-state index < -0.39 is 23.6 Å². The van der Waals surface area contributed by atoms with E-state index in [1.165, 1.54) is 19.2 Å². The standard InChI is InChI=1S/C20H20F3NO4/c1-28-17-10-7-13(3-2-4-18(25)26)11-16(17)19(27)24-12-14-5-8-15(9-6-14)20(21,22)23/h5-11H,2-4,12H2,1H3,(H,24,27)(H,25,26). The molecule has 0 radical (unpaired) electrons. The Morgan fingerprint density at radius 2 is 1.71 bits per heavy atom.